The average molecular weight is 383 g/mol. The Balaban J connectivity index is 2.13. The zero-order valence-electron chi connectivity index (χ0n) is 14.3. The van der Waals surface area contributed by atoms with Crippen molar-refractivity contribution in [3.63, 3.8) is 0 Å². The van der Waals surface area contributed by atoms with Crippen LogP contribution in [0.5, 0.6) is 0 Å². The molecule has 0 aliphatic heterocycles. The predicted octanol–water partition coefficient (Wildman–Crippen LogP) is 3.06. The number of carbonyl (C=O) groups excluding carboxylic acids is 1. The standard InChI is InChI=1S/C17H22N2O4S2/c1-3-10-19(25(21,22)13-14-8-6-5-7-9-14)11-16-18-15(12-24-16)17(20)23-4-2/h5-9,12H,3-4,10-11,13H2,1-2H3. The summed E-state index contributed by atoms with van der Waals surface area (Å²) in [5, 5.41) is 2.18. The molecule has 0 aliphatic rings. The van der Waals surface area contributed by atoms with E-state index in [2.05, 4.69) is 4.98 Å². The lowest BCUT2D eigenvalue weighted by molar-refractivity contribution is 0.0520. The van der Waals surface area contributed by atoms with E-state index in [1.54, 1.807) is 24.4 Å². The van der Waals surface area contributed by atoms with Gasteiger partial charge in [0.2, 0.25) is 10.0 Å². The van der Waals surface area contributed by atoms with Crippen LogP contribution in [-0.4, -0.2) is 36.8 Å². The van der Waals surface area contributed by atoms with Gasteiger partial charge in [0.25, 0.3) is 0 Å². The number of sulfonamides is 1. The highest BCUT2D eigenvalue weighted by atomic mass is 32.2. The molecular weight excluding hydrogens is 360 g/mol. The summed E-state index contributed by atoms with van der Waals surface area (Å²) in [5.41, 5.74) is 0.966. The van der Waals surface area contributed by atoms with Crippen molar-refractivity contribution in [1.29, 1.82) is 0 Å². The van der Waals surface area contributed by atoms with Crippen LogP contribution >= 0.6 is 11.3 Å². The molecule has 1 heterocycles. The van der Waals surface area contributed by atoms with Gasteiger partial charge in [-0.15, -0.1) is 11.3 Å². The number of benzene rings is 1. The summed E-state index contributed by atoms with van der Waals surface area (Å²) < 4.78 is 31.8. The Hall–Kier alpha value is -1.77. The Morgan fingerprint density at radius 1 is 1.24 bits per heavy atom. The first-order valence-electron chi connectivity index (χ1n) is 8.09. The molecule has 0 saturated heterocycles. The maximum Gasteiger partial charge on any atom is 0.357 e. The van der Waals surface area contributed by atoms with Crippen LogP contribution in [0, 0.1) is 0 Å². The summed E-state index contributed by atoms with van der Waals surface area (Å²) in [6.45, 7) is 4.50. The highest BCUT2D eigenvalue weighted by Gasteiger charge is 2.24. The molecule has 25 heavy (non-hydrogen) atoms. The molecule has 2 rings (SSSR count). The van der Waals surface area contributed by atoms with Gasteiger partial charge >= 0.3 is 5.97 Å². The number of ether oxygens (including phenoxy) is 1. The maximum atomic E-state index is 12.7. The third-order valence-corrected chi connectivity index (χ3v) is 6.04. The van der Waals surface area contributed by atoms with Crippen LogP contribution in [0.4, 0.5) is 0 Å². The molecular formula is C17H22N2O4S2. The normalized spacial score (nSPS) is 11.6. The van der Waals surface area contributed by atoms with Gasteiger partial charge in [-0.25, -0.2) is 18.2 Å². The minimum Gasteiger partial charge on any atom is -0.461 e. The number of nitrogens with zero attached hydrogens (tertiary/aromatic N) is 2. The van der Waals surface area contributed by atoms with Gasteiger partial charge in [0.05, 0.1) is 18.9 Å². The van der Waals surface area contributed by atoms with E-state index in [0.29, 0.717) is 18.0 Å². The summed E-state index contributed by atoms with van der Waals surface area (Å²) in [5.74, 6) is -0.539. The van der Waals surface area contributed by atoms with Gasteiger partial charge in [0, 0.05) is 11.9 Å². The molecule has 2 aromatic rings. The molecule has 0 unspecified atom stereocenters. The maximum absolute atomic E-state index is 12.7. The molecule has 136 valence electrons. The van der Waals surface area contributed by atoms with Crippen molar-refractivity contribution in [3.05, 3.63) is 52.0 Å². The minimum atomic E-state index is -3.47. The number of carbonyl (C=O) groups is 1. The first-order valence-corrected chi connectivity index (χ1v) is 10.6. The predicted molar refractivity (Wildman–Crippen MR) is 97.8 cm³/mol. The Morgan fingerprint density at radius 3 is 2.60 bits per heavy atom. The second kappa shape index (κ2) is 9.07. The van der Waals surface area contributed by atoms with Gasteiger partial charge in [-0.3, -0.25) is 0 Å². The van der Waals surface area contributed by atoms with Gasteiger partial charge in [0.15, 0.2) is 5.69 Å². The molecule has 1 aromatic carbocycles. The lowest BCUT2D eigenvalue weighted by Crippen LogP contribution is -2.32. The summed E-state index contributed by atoms with van der Waals surface area (Å²) in [4.78, 5) is 15.9. The summed E-state index contributed by atoms with van der Waals surface area (Å²) in [6.07, 6.45) is 0.699. The van der Waals surface area contributed by atoms with E-state index >= 15 is 0 Å². The van der Waals surface area contributed by atoms with Gasteiger partial charge < -0.3 is 4.74 Å². The molecule has 8 heteroatoms. The van der Waals surface area contributed by atoms with Crippen LogP contribution in [0.15, 0.2) is 35.7 Å². The van der Waals surface area contributed by atoms with Crippen LogP contribution in [0.3, 0.4) is 0 Å². The Kier molecular flexibility index (Phi) is 7.10. The van der Waals surface area contributed by atoms with Gasteiger partial charge in [0.1, 0.15) is 5.01 Å². The number of thiazole rings is 1. The van der Waals surface area contributed by atoms with E-state index in [1.807, 2.05) is 25.1 Å². The molecule has 0 atom stereocenters. The molecule has 0 amide bonds. The topological polar surface area (TPSA) is 76.6 Å². The number of hydrogen-bond donors (Lipinski definition) is 0. The molecule has 0 saturated carbocycles. The fourth-order valence-electron chi connectivity index (χ4n) is 2.28. The van der Waals surface area contributed by atoms with Crippen LogP contribution in [0.25, 0.3) is 0 Å². The molecule has 0 radical (unpaired) electrons. The SMILES string of the molecule is CCCN(Cc1nc(C(=O)OCC)cs1)S(=O)(=O)Cc1ccccc1. The van der Waals surface area contributed by atoms with E-state index in [9.17, 15) is 13.2 Å². The number of aromatic nitrogens is 1. The highest BCUT2D eigenvalue weighted by Crippen LogP contribution is 2.18. The third kappa shape index (κ3) is 5.62. The molecule has 6 nitrogen and oxygen atoms in total. The zero-order chi connectivity index (χ0) is 18.3. The zero-order valence-corrected chi connectivity index (χ0v) is 16.0. The Bertz CT molecular complexity index is 788. The monoisotopic (exact) mass is 382 g/mol. The van der Waals surface area contributed by atoms with Crippen molar-refractivity contribution >= 4 is 27.3 Å². The summed E-state index contributed by atoms with van der Waals surface area (Å²) in [6, 6.07) is 9.09. The Labute approximate surface area is 152 Å². The molecule has 0 aliphatic carbocycles. The summed E-state index contributed by atoms with van der Waals surface area (Å²) >= 11 is 1.26. The van der Waals surface area contributed by atoms with Crippen LogP contribution < -0.4 is 0 Å². The van der Waals surface area contributed by atoms with Crippen LogP contribution in [0.2, 0.25) is 0 Å². The van der Waals surface area contributed by atoms with Crippen molar-refractivity contribution in [3.8, 4) is 0 Å². The van der Waals surface area contributed by atoms with Gasteiger partial charge in [-0.05, 0) is 18.9 Å². The second-order valence-corrected chi connectivity index (χ2v) is 8.33. The number of esters is 1. The highest BCUT2D eigenvalue weighted by molar-refractivity contribution is 7.88. The average Bonchev–Trinajstić information content (AvgIpc) is 3.04. The largest absolute Gasteiger partial charge is 0.461 e. The first kappa shape index (κ1) is 19.6. The van der Waals surface area contributed by atoms with E-state index in [4.69, 9.17) is 4.74 Å². The lowest BCUT2D eigenvalue weighted by atomic mass is 10.2. The van der Waals surface area contributed by atoms with E-state index in [-0.39, 0.29) is 24.6 Å². The van der Waals surface area contributed by atoms with Crippen molar-refractivity contribution < 1.29 is 17.9 Å². The molecule has 0 N–H and O–H groups in total. The molecule has 0 bridgehead atoms. The molecule has 0 fully saturated rings. The smallest absolute Gasteiger partial charge is 0.357 e. The van der Waals surface area contributed by atoms with E-state index < -0.39 is 16.0 Å². The van der Waals surface area contributed by atoms with E-state index in [0.717, 1.165) is 5.56 Å². The van der Waals surface area contributed by atoms with Crippen molar-refractivity contribution in [2.24, 2.45) is 0 Å². The first-order chi connectivity index (χ1) is 12.0. The van der Waals surface area contributed by atoms with Crippen molar-refractivity contribution in [2.45, 2.75) is 32.6 Å². The minimum absolute atomic E-state index is 0.0516. The summed E-state index contributed by atoms with van der Waals surface area (Å²) in [7, 11) is -3.47. The number of hydrogen-bond acceptors (Lipinski definition) is 6. The van der Waals surface area contributed by atoms with Crippen molar-refractivity contribution in [1.82, 2.24) is 9.29 Å². The fourth-order valence-corrected chi connectivity index (χ4v) is 4.71. The second-order valence-electron chi connectivity index (χ2n) is 5.42. The molecule has 1 aromatic heterocycles. The Morgan fingerprint density at radius 2 is 1.96 bits per heavy atom. The van der Waals surface area contributed by atoms with E-state index in [1.165, 1.54) is 15.6 Å². The molecule has 0 spiro atoms. The third-order valence-electron chi connectivity index (χ3n) is 3.41. The van der Waals surface area contributed by atoms with Gasteiger partial charge in [-0.2, -0.15) is 4.31 Å². The lowest BCUT2D eigenvalue weighted by Gasteiger charge is -2.20. The van der Waals surface area contributed by atoms with Gasteiger partial charge in [-0.1, -0.05) is 37.3 Å². The fraction of sp³-hybridized carbons (Fsp3) is 0.412. The van der Waals surface area contributed by atoms with Crippen LogP contribution in [0.1, 0.15) is 41.3 Å². The van der Waals surface area contributed by atoms with Crippen LogP contribution in [-0.2, 0) is 27.1 Å². The number of rotatable bonds is 9. The van der Waals surface area contributed by atoms with Crippen molar-refractivity contribution in [2.75, 3.05) is 13.2 Å². The quantitative estimate of drug-likeness (QED) is 0.623.